The fourth-order valence-corrected chi connectivity index (χ4v) is 1.33. The van der Waals surface area contributed by atoms with Crippen molar-refractivity contribution >= 4 is 11.6 Å². The summed E-state index contributed by atoms with van der Waals surface area (Å²) in [6.07, 6.45) is 0. The average molecular weight is 214 g/mol. The zero-order valence-electron chi connectivity index (χ0n) is 8.80. The van der Waals surface area contributed by atoms with Crippen LogP contribution in [0.3, 0.4) is 0 Å². The molecule has 0 aromatic heterocycles. The van der Waals surface area contributed by atoms with Crippen molar-refractivity contribution in [3.63, 3.8) is 0 Å². The van der Waals surface area contributed by atoms with Gasteiger partial charge in [-0.2, -0.15) is 0 Å². The van der Waals surface area contributed by atoms with E-state index in [0.29, 0.717) is 11.1 Å². The van der Waals surface area contributed by atoms with Gasteiger partial charge in [-0.25, -0.2) is 0 Å². The first-order valence-electron chi connectivity index (χ1n) is 4.69. The van der Waals surface area contributed by atoms with Crippen LogP contribution in [0.4, 0.5) is 0 Å². The van der Waals surface area contributed by atoms with Gasteiger partial charge in [-0.05, 0) is 17.7 Å². The van der Waals surface area contributed by atoms with Crippen molar-refractivity contribution in [2.24, 2.45) is 0 Å². The SMILES string of the molecule is COc1cc(CNC(C)C)ccc1Cl. The van der Waals surface area contributed by atoms with Crippen molar-refractivity contribution in [2.75, 3.05) is 7.11 Å². The van der Waals surface area contributed by atoms with E-state index in [2.05, 4.69) is 19.2 Å². The third-order valence-electron chi connectivity index (χ3n) is 1.93. The Bertz CT molecular complexity index is 299. The Kier molecular flexibility index (Phi) is 4.23. The molecule has 0 aliphatic carbocycles. The first kappa shape index (κ1) is 11.3. The van der Waals surface area contributed by atoms with E-state index in [4.69, 9.17) is 16.3 Å². The minimum absolute atomic E-state index is 0.483. The van der Waals surface area contributed by atoms with Gasteiger partial charge in [0.1, 0.15) is 5.75 Å². The van der Waals surface area contributed by atoms with E-state index in [0.717, 1.165) is 12.3 Å². The number of halogens is 1. The van der Waals surface area contributed by atoms with Crippen molar-refractivity contribution in [3.05, 3.63) is 28.8 Å². The summed E-state index contributed by atoms with van der Waals surface area (Å²) in [5.74, 6) is 0.731. The van der Waals surface area contributed by atoms with E-state index in [1.54, 1.807) is 7.11 Å². The molecule has 0 unspecified atom stereocenters. The van der Waals surface area contributed by atoms with Gasteiger partial charge in [0, 0.05) is 12.6 Å². The van der Waals surface area contributed by atoms with Crippen molar-refractivity contribution < 1.29 is 4.74 Å². The van der Waals surface area contributed by atoms with E-state index in [1.165, 1.54) is 5.56 Å². The first-order valence-corrected chi connectivity index (χ1v) is 5.07. The Labute approximate surface area is 90.2 Å². The van der Waals surface area contributed by atoms with Crippen LogP contribution < -0.4 is 10.1 Å². The van der Waals surface area contributed by atoms with Crippen LogP contribution in [0.25, 0.3) is 0 Å². The first-order chi connectivity index (χ1) is 6.63. The molecule has 1 aromatic rings. The zero-order chi connectivity index (χ0) is 10.6. The molecule has 2 nitrogen and oxygen atoms in total. The highest BCUT2D eigenvalue weighted by Crippen LogP contribution is 2.24. The number of ether oxygens (including phenoxy) is 1. The molecule has 1 rings (SSSR count). The molecule has 0 aliphatic rings. The molecule has 0 bridgehead atoms. The smallest absolute Gasteiger partial charge is 0.137 e. The maximum atomic E-state index is 5.91. The Morgan fingerprint density at radius 2 is 2.14 bits per heavy atom. The lowest BCUT2D eigenvalue weighted by atomic mass is 10.2. The van der Waals surface area contributed by atoms with Crippen molar-refractivity contribution in [1.82, 2.24) is 5.32 Å². The lowest BCUT2D eigenvalue weighted by Gasteiger charge is -2.09. The van der Waals surface area contributed by atoms with E-state index < -0.39 is 0 Å². The van der Waals surface area contributed by atoms with Crippen molar-refractivity contribution in [2.45, 2.75) is 26.4 Å². The van der Waals surface area contributed by atoms with Gasteiger partial charge >= 0.3 is 0 Å². The fraction of sp³-hybridized carbons (Fsp3) is 0.455. The summed E-state index contributed by atoms with van der Waals surface area (Å²) in [6.45, 7) is 5.07. The van der Waals surface area contributed by atoms with Crippen LogP contribution in [0.2, 0.25) is 5.02 Å². The van der Waals surface area contributed by atoms with E-state index in [-0.39, 0.29) is 0 Å². The number of hydrogen-bond acceptors (Lipinski definition) is 2. The molecule has 0 fully saturated rings. The highest BCUT2D eigenvalue weighted by Gasteiger charge is 2.02. The molecule has 0 atom stereocenters. The second-order valence-electron chi connectivity index (χ2n) is 3.50. The van der Waals surface area contributed by atoms with Gasteiger partial charge < -0.3 is 10.1 Å². The molecule has 0 heterocycles. The van der Waals surface area contributed by atoms with Crippen LogP contribution >= 0.6 is 11.6 Å². The Balaban J connectivity index is 2.69. The molecule has 1 aromatic carbocycles. The summed E-state index contributed by atoms with van der Waals surface area (Å²) in [5, 5.41) is 3.99. The second-order valence-corrected chi connectivity index (χ2v) is 3.91. The summed E-state index contributed by atoms with van der Waals surface area (Å²) < 4.78 is 5.13. The van der Waals surface area contributed by atoms with E-state index >= 15 is 0 Å². The molecule has 0 saturated heterocycles. The fourth-order valence-electron chi connectivity index (χ4n) is 1.14. The van der Waals surface area contributed by atoms with Crippen molar-refractivity contribution in [1.29, 1.82) is 0 Å². The lowest BCUT2D eigenvalue weighted by molar-refractivity contribution is 0.414. The summed E-state index contributed by atoms with van der Waals surface area (Å²) in [4.78, 5) is 0. The minimum Gasteiger partial charge on any atom is -0.495 e. The monoisotopic (exact) mass is 213 g/mol. The molecule has 0 amide bonds. The summed E-state index contributed by atoms with van der Waals surface area (Å²) in [7, 11) is 1.63. The third kappa shape index (κ3) is 3.20. The van der Waals surface area contributed by atoms with Gasteiger partial charge in [-0.1, -0.05) is 31.5 Å². The summed E-state index contributed by atoms with van der Waals surface area (Å²) >= 11 is 5.91. The summed E-state index contributed by atoms with van der Waals surface area (Å²) in [5.41, 5.74) is 1.18. The van der Waals surface area contributed by atoms with Crippen LogP contribution in [0.1, 0.15) is 19.4 Å². The van der Waals surface area contributed by atoms with Crippen LogP contribution in [-0.4, -0.2) is 13.2 Å². The predicted molar refractivity (Wildman–Crippen MR) is 60.0 cm³/mol. The number of nitrogens with one attached hydrogen (secondary N) is 1. The second kappa shape index (κ2) is 5.23. The standard InChI is InChI=1S/C11H16ClNO/c1-8(2)13-7-9-4-5-10(12)11(6-9)14-3/h4-6,8,13H,7H2,1-3H3. The normalized spacial score (nSPS) is 10.6. The predicted octanol–water partition coefficient (Wildman–Crippen LogP) is 2.85. The maximum Gasteiger partial charge on any atom is 0.137 e. The largest absolute Gasteiger partial charge is 0.495 e. The van der Waals surface area contributed by atoms with Gasteiger partial charge in [-0.15, -0.1) is 0 Å². The Morgan fingerprint density at radius 3 is 2.71 bits per heavy atom. The topological polar surface area (TPSA) is 21.3 Å². The van der Waals surface area contributed by atoms with Crippen molar-refractivity contribution in [3.8, 4) is 5.75 Å². The molecule has 0 radical (unpaired) electrons. The number of benzene rings is 1. The lowest BCUT2D eigenvalue weighted by Crippen LogP contribution is -2.21. The van der Waals surface area contributed by atoms with Gasteiger partial charge in [0.25, 0.3) is 0 Å². The molecule has 0 saturated carbocycles. The molecule has 1 N–H and O–H groups in total. The molecule has 3 heteroatoms. The molecule has 0 spiro atoms. The quantitative estimate of drug-likeness (QED) is 0.831. The highest BCUT2D eigenvalue weighted by atomic mass is 35.5. The number of hydrogen-bond donors (Lipinski definition) is 1. The Morgan fingerprint density at radius 1 is 1.43 bits per heavy atom. The van der Waals surface area contributed by atoms with Gasteiger partial charge in [-0.3, -0.25) is 0 Å². The molecule has 78 valence electrons. The van der Waals surface area contributed by atoms with Crippen LogP contribution in [0.5, 0.6) is 5.75 Å². The van der Waals surface area contributed by atoms with Crippen LogP contribution in [0.15, 0.2) is 18.2 Å². The molecular formula is C11H16ClNO. The molecule has 0 aliphatic heterocycles. The van der Waals surface area contributed by atoms with Crippen LogP contribution in [-0.2, 0) is 6.54 Å². The van der Waals surface area contributed by atoms with E-state index in [1.807, 2.05) is 18.2 Å². The number of rotatable bonds is 4. The third-order valence-corrected chi connectivity index (χ3v) is 2.24. The molecular weight excluding hydrogens is 198 g/mol. The Hall–Kier alpha value is -0.730. The van der Waals surface area contributed by atoms with Gasteiger partial charge in [0.15, 0.2) is 0 Å². The highest BCUT2D eigenvalue weighted by molar-refractivity contribution is 6.32. The molecule has 14 heavy (non-hydrogen) atoms. The van der Waals surface area contributed by atoms with Crippen LogP contribution in [0, 0.1) is 0 Å². The zero-order valence-corrected chi connectivity index (χ0v) is 9.56. The maximum absolute atomic E-state index is 5.91. The average Bonchev–Trinajstić information content (AvgIpc) is 2.16. The summed E-state index contributed by atoms with van der Waals surface area (Å²) in [6, 6.07) is 6.30. The number of methoxy groups -OCH3 is 1. The minimum atomic E-state index is 0.483. The van der Waals surface area contributed by atoms with E-state index in [9.17, 15) is 0 Å². The van der Waals surface area contributed by atoms with Gasteiger partial charge in [0.2, 0.25) is 0 Å². The van der Waals surface area contributed by atoms with Gasteiger partial charge in [0.05, 0.1) is 12.1 Å².